The van der Waals surface area contributed by atoms with E-state index < -0.39 is 10.8 Å². The van der Waals surface area contributed by atoms with Crippen LogP contribution in [0.1, 0.15) is 44.5 Å². The van der Waals surface area contributed by atoms with Crippen LogP contribution >= 0.6 is 0 Å². The van der Waals surface area contributed by atoms with Gasteiger partial charge in [0.1, 0.15) is 17.4 Å². The average Bonchev–Trinajstić information content (AvgIpc) is 2.81. The number of benzene rings is 1. The predicted molar refractivity (Wildman–Crippen MR) is 84.0 cm³/mol. The van der Waals surface area contributed by atoms with Crippen LogP contribution in [0.5, 0.6) is 0 Å². The minimum Gasteiger partial charge on any atom is -0.443 e. The summed E-state index contributed by atoms with van der Waals surface area (Å²) in [5.41, 5.74) is 0.463. The highest BCUT2D eigenvalue weighted by atomic mass is 16.6. The van der Waals surface area contributed by atoms with Gasteiger partial charge in [0.2, 0.25) is 5.88 Å². The van der Waals surface area contributed by atoms with Crippen molar-refractivity contribution in [3.05, 3.63) is 56.3 Å². The molecule has 0 aliphatic rings. The van der Waals surface area contributed by atoms with Crippen LogP contribution in [0.25, 0.3) is 0 Å². The fourth-order valence-corrected chi connectivity index (χ4v) is 2.34. The molecule has 1 aromatic heterocycles. The molecule has 8 nitrogen and oxygen atoms in total. The Labute approximate surface area is 136 Å². The Balaban J connectivity index is 2.36. The first-order valence-electron chi connectivity index (χ1n) is 6.87. The lowest BCUT2D eigenvalue weighted by atomic mass is 10.1. The maximum Gasteiger partial charge on any atom is 0.272 e. The number of furan rings is 1. The number of nitro groups is 1. The van der Waals surface area contributed by atoms with Gasteiger partial charge in [0.05, 0.1) is 10.5 Å². The topological polar surface area (TPSA) is 126 Å². The number of carbonyl (C=O) groups excluding carboxylic acids is 2. The minimum absolute atomic E-state index is 0.0491. The third-order valence-electron chi connectivity index (χ3n) is 3.43. The molecule has 1 amide bonds. The Morgan fingerprint density at radius 2 is 2.00 bits per heavy atom. The van der Waals surface area contributed by atoms with Crippen molar-refractivity contribution < 1.29 is 18.9 Å². The van der Waals surface area contributed by atoms with Gasteiger partial charge in [-0.15, -0.1) is 0 Å². The van der Waals surface area contributed by atoms with E-state index in [2.05, 4.69) is 5.32 Å². The summed E-state index contributed by atoms with van der Waals surface area (Å²) in [6, 6.07) is 5.73. The molecule has 0 fully saturated rings. The van der Waals surface area contributed by atoms with Crippen LogP contribution in [0.15, 0.2) is 22.6 Å². The number of aryl methyl sites for hydroxylation is 2. The van der Waals surface area contributed by atoms with E-state index >= 15 is 0 Å². The van der Waals surface area contributed by atoms with Crippen LogP contribution in [0, 0.1) is 35.3 Å². The zero-order valence-electron chi connectivity index (χ0n) is 13.2. The predicted octanol–water partition coefficient (Wildman–Crippen LogP) is 3.13. The van der Waals surface area contributed by atoms with Gasteiger partial charge in [-0.3, -0.25) is 25.0 Å². The van der Waals surface area contributed by atoms with Crippen LogP contribution in [0.2, 0.25) is 0 Å². The van der Waals surface area contributed by atoms with E-state index in [0.29, 0.717) is 5.56 Å². The summed E-state index contributed by atoms with van der Waals surface area (Å²) in [5, 5.41) is 22.4. The molecule has 2 aromatic rings. The number of nitro benzene ring substituents is 1. The first kappa shape index (κ1) is 16.9. The van der Waals surface area contributed by atoms with Crippen molar-refractivity contribution in [3.63, 3.8) is 0 Å². The number of rotatable bonds is 4. The summed E-state index contributed by atoms with van der Waals surface area (Å²) in [6.07, 6.45) is 0. The number of anilines is 1. The van der Waals surface area contributed by atoms with Gasteiger partial charge >= 0.3 is 0 Å². The summed E-state index contributed by atoms with van der Waals surface area (Å²) in [4.78, 5) is 34.1. The number of nitriles is 1. The van der Waals surface area contributed by atoms with E-state index in [1.807, 2.05) is 6.07 Å². The monoisotopic (exact) mass is 327 g/mol. The fourth-order valence-electron chi connectivity index (χ4n) is 2.34. The summed E-state index contributed by atoms with van der Waals surface area (Å²) < 4.78 is 5.30. The van der Waals surface area contributed by atoms with Crippen molar-refractivity contribution in [3.8, 4) is 6.07 Å². The molecule has 0 saturated heterocycles. The van der Waals surface area contributed by atoms with Crippen LogP contribution < -0.4 is 5.32 Å². The molecule has 1 aromatic carbocycles. The maximum absolute atomic E-state index is 12.3. The largest absolute Gasteiger partial charge is 0.443 e. The van der Waals surface area contributed by atoms with Gasteiger partial charge in [-0.2, -0.15) is 5.26 Å². The number of hydrogen-bond donors (Lipinski definition) is 1. The van der Waals surface area contributed by atoms with Gasteiger partial charge < -0.3 is 4.42 Å². The minimum atomic E-state index is -0.603. The number of ketones is 1. The molecule has 8 heteroatoms. The second kappa shape index (κ2) is 6.34. The van der Waals surface area contributed by atoms with E-state index in [1.54, 1.807) is 0 Å². The lowest BCUT2D eigenvalue weighted by molar-refractivity contribution is -0.385. The molecule has 24 heavy (non-hydrogen) atoms. The van der Waals surface area contributed by atoms with Crippen LogP contribution in [-0.4, -0.2) is 16.6 Å². The quantitative estimate of drug-likeness (QED) is 0.522. The Kier molecular flexibility index (Phi) is 4.46. The second-order valence-corrected chi connectivity index (χ2v) is 5.12. The third-order valence-corrected chi connectivity index (χ3v) is 3.43. The molecule has 2 rings (SSSR count). The Bertz CT molecular complexity index is 905. The Morgan fingerprint density at radius 1 is 1.33 bits per heavy atom. The number of nitrogens with one attached hydrogen (secondary N) is 1. The molecule has 0 unspecified atom stereocenters. The number of amides is 1. The van der Waals surface area contributed by atoms with Crippen LogP contribution in [0.3, 0.4) is 0 Å². The smallest absolute Gasteiger partial charge is 0.272 e. The molecule has 0 atom stereocenters. The van der Waals surface area contributed by atoms with Crippen molar-refractivity contribution in [1.29, 1.82) is 5.26 Å². The highest BCUT2D eigenvalue weighted by molar-refractivity contribution is 6.06. The zero-order valence-corrected chi connectivity index (χ0v) is 13.2. The van der Waals surface area contributed by atoms with Crippen molar-refractivity contribution in [2.24, 2.45) is 0 Å². The summed E-state index contributed by atoms with van der Waals surface area (Å²) in [6.45, 7) is 4.33. The summed E-state index contributed by atoms with van der Waals surface area (Å²) in [5.74, 6) is -0.844. The second-order valence-electron chi connectivity index (χ2n) is 5.12. The van der Waals surface area contributed by atoms with E-state index in [9.17, 15) is 25.0 Å². The van der Waals surface area contributed by atoms with Gasteiger partial charge in [-0.1, -0.05) is 0 Å². The van der Waals surface area contributed by atoms with Crippen LogP contribution in [-0.2, 0) is 0 Å². The zero-order chi connectivity index (χ0) is 18.0. The van der Waals surface area contributed by atoms with E-state index in [1.165, 1.54) is 39.0 Å². The van der Waals surface area contributed by atoms with Crippen molar-refractivity contribution in [2.45, 2.75) is 20.8 Å². The van der Waals surface area contributed by atoms with Gasteiger partial charge in [0.15, 0.2) is 5.78 Å². The van der Waals surface area contributed by atoms with Crippen molar-refractivity contribution in [1.82, 2.24) is 0 Å². The molecule has 0 radical (unpaired) electrons. The average molecular weight is 327 g/mol. The molecule has 0 aliphatic carbocycles. The molecule has 0 spiro atoms. The molecular formula is C16H13N3O5. The fraction of sp³-hybridized carbons (Fsp3) is 0.188. The van der Waals surface area contributed by atoms with Gasteiger partial charge in [0.25, 0.3) is 11.6 Å². The number of hydrogen-bond acceptors (Lipinski definition) is 6. The highest BCUT2D eigenvalue weighted by Crippen LogP contribution is 2.27. The number of nitrogens with zero attached hydrogens (tertiary/aromatic N) is 2. The summed E-state index contributed by atoms with van der Waals surface area (Å²) in [7, 11) is 0. The standard InChI is InChI=1S/C16H13N3O5/c1-8-6-11(4-5-13(8)19(22)23)15(21)18-16-12(7-17)14(9(2)20)10(3)24-16/h4-6H,1-3H3,(H,18,21). The number of Topliss-reactive ketones (excluding diaryl/α,β-unsaturated/α-hetero) is 1. The van der Waals surface area contributed by atoms with Gasteiger partial charge in [-0.05, 0) is 32.9 Å². The summed E-state index contributed by atoms with van der Waals surface area (Å²) >= 11 is 0. The lowest BCUT2D eigenvalue weighted by Gasteiger charge is -2.04. The van der Waals surface area contributed by atoms with E-state index in [-0.39, 0.29) is 39.8 Å². The van der Waals surface area contributed by atoms with Crippen LogP contribution in [0.4, 0.5) is 11.6 Å². The van der Waals surface area contributed by atoms with Crippen molar-refractivity contribution >= 4 is 23.3 Å². The first-order chi connectivity index (χ1) is 11.3. The van der Waals surface area contributed by atoms with E-state index in [0.717, 1.165) is 0 Å². The SMILES string of the molecule is CC(=O)c1c(C)oc(NC(=O)c2ccc([N+](=O)[O-])c(C)c2)c1C#N. The molecule has 1 N–H and O–H groups in total. The molecule has 0 saturated carbocycles. The third kappa shape index (κ3) is 3.01. The number of carbonyl (C=O) groups is 2. The van der Waals surface area contributed by atoms with Gasteiger partial charge in [-0.25, -0.2) is 0 Å². The normalized spacial score (nSPS) is 10.1. The molecule has 1 heterocycles. The van der Waals surface area contributed by atoms with Gasteiger partial charge in [0, 0.05) is 17.2 Å². The molecule has 0 aliphatic heterocycles. The van der Waals surface area contributed by atoms with Crippen molar-refractivity contribution in [2.75, 3.05) is 5.32 Å². The maximum atomic E-state index is 12.3. The first-order valence-corrected chi connectivity index (χ1v) is 6.87. The lowest BCUT2D eigenvalue weighted by Crippen LogP contribution is -2.13. The molecule has 122 valence electrons. The Morgan fingerprint density at radius 3 is 2.50 bits per heavy atom. The molecular weight excluding hydrogens is 314 g/mol. The van der Waals surface area contributed by atoms with E-state index in [4.69, 9.17) is 4.42 Å². The molecule has 0 bridgehead atoms. The Hall–Kier alpha value is -3.47. The highest BCUT2D eigenvalue weighted by Gasteiger charge is 2.23.